The van der Waals surface area contributed by atoms with Gasteiger partial charge in [0, 0.05) is 34.6 Å². The number of hydrogen-bond acceptors (Lipinski definition) is 4. The van der Waals surface area contributed by atoms with E-state index in [0.29, 0.717) is 27.7 Å². The fraction of sp³-hybridized carbons (Fsp3) is 0.257. The number of para-hydroxylation sites is 1. The Labute approximate surface area is 275 Å². The van der Waals surface area contributed by atoms with Gasteiger partial charge in [0.05, 0.1) is 10.6 Å². The van der Waals surface area contributed by atoms with Crippen molar-refractivity contribution < 1.29 is 18.0 Å². The molecule has 1 N–H and O–H groups in total. The number of carbonyl (C=O) groups is 2. The van der Waals surface area contributed by atoms with E-state index in [9.17, 15) is 18.0 Å². The quantitative estimate of drug-likeness (QED) is 0.166. The van der Waals surface area contributed by atoms with Crippen LogP contribution in [0.1, 0.15) is 37.0 Å². The summed E-state index contributed by atoms with van der Waals surface area (Å²) in [7, 11) is -4.18. The number of aryl methyl sites for hydroxylation is 1. The lowest BCUT2D eigenvalue weighted by molar-refractivity contribution is -0.140. The molecule has 236 valence electrons. The molecule has 0 aliphatic carbocycles. The number of nitrogens with zero attached hydrogens (tertiary/aromatic N) is 2. The number of carbonyl (C=O) groups excluding carboxylic acids is 2. The minimum absolute atomic E-state index is 0.0424. The maximum Gasteiger partial charge on any atom is 0.264 e. The maximum absolute atomic E-state index is 14.5. The second kappa shape index (κ2) is 15.4. The number of benzene rings is 4. The highest BCUT2D eigenvalue weighted by atomic mass is 35.5. The number of nitrogens with one attached hydrogen (secondary N) is 1. The molecular weight excluding hydrogens is 629 g/mol. The van der Waals surface area contributed by atoms with Crippen LogP contribution in [0.3, 0.4) is 0 Å². The second-order valence-corrected chi connectivity index (χ2v) is 13.6. The molecule has 0 aliphatic rings. The first-order valence-electron chi connectivity index (χ1n) is 14.7. The van der Waals surface area contributed by atoms with Crippen molar-refractivity contribution in [3.05, 3.63) is 130 Å². The first kappa shape index (κ1) is 34.0. The smallest absolute Gasteiger partial charge is 0.264 e. The summed E-state index contributed by atoms with van der Waals surface area (Å²) in [5.41, 5.74) is 2.49. The fourth-order valence-corrected chi connectivity index (χ4v) is 6.74. The predicted molar refractivity (Wildman–Crippen MR) is 181 cm³/mol. The average Bonchev–Trinajstić information content (AvgIpc) is 3.03. The van der Waals surface area contributed by atoms with E-state index in [0.717, 1.165) is 15.4 Å². The van der Waals surface area contributed by atoms with Crippen LogP contribution < -0.4 is 9.62 Å². The molecule has 0 bridgehead atoms. The molecule has 0 fully saturated rings. The lowest BCUT2D eigenvalue weighted by Crippen LogP contribution is -2.54. The van der Waals surface area contributed by atoms with Crippen LogP contribution in [0.5, 0.6) is 0 Å². The van der Waals surface area contributed by atoms with Crippen molar-refractivity contribution in [1.29, 1.82) is 0 Å². The standard InChI is InChI=1S/C35H37Cl2N3O4S/c1-4-26(3)38-35(42)33(22-27-12-7-5-8-13-27)39(23-30-31(36)16-11-17-32(30)37)34(41)24-40(28-14-9-6-10-15-28)45(43,44)29-20-18-25(2)19-21-29/h5-21,26,33H,4,22-24H2,1-3H3,(H,38,42)/t26-,33+/m1/s1. The Hall–Kier alpha value is -3.85. The Morgan fingerprint density at radius 2 is 1.40 bits per heavy atom. The van der Waals surface area contributed by atoms with Gasteiger partial charge in [0.25, 0.3) is 10.0 Å². The minimum Gasteiger partial charge on any atom is -0.352 e. The Morgan fingerprint density at radius 1 is 0.822 bits per heavy atom. The molecule has 2 atom stereocenters. The van der Waals surface area contributed by atoms with Crippen molar-refractivity contribution in [2.45, 2.75) is 57.1 Å². The predicted octanol–water partition coefficient (Wildman–Crippen LogP) is 7.05. The highest BCUT2D eigenvalue weighted by molar-refractivity contribution is 7.92. The van der Waals surface area contributed by atoms with Crippen LogP contribution in [0.4, 0.5) is 5.69 Å². The number of rotatable bonds is 13. The molecule has 4 rings (SSSR count). The van der Waals surface area contributed by atoms with E-state index in [-0.39, 0.29) is 29.8 Å². The lowest BCUT2D eigenvalue weighted by Gasteiger charge is -2.34. The lowest BCUT2D eigenvalue weighted by atomic mass is 10.0. The molecule has 0 unspecified atom stereocenters. The Morgan fingerprint density at radius 3 is 1.98 bits per heavy atom. The van der Waals surface area contributed by atoms with Gasteiger partial charge >= 0.3 is 0 Å². The summed E-state index contributed by atoms with van der Waals surface area (Å²) in [4.78, 5) is 29.9. The maximum atomic E-state index is 14.5. The molecule has 0 radical (unpaired) electrons. The van der Waals surface area contributed by atoms with Gasteiger partial charge in [-0.25, -0.2) is 8.42 Å². The zero-order valence-electron chi connectivity index (χ0n) is 25.5. The summed E-state index contributed by atoms with van der Waals surface area (Å²) in [6, 6.07) is 28.1. The number of hydrogen-bond donors (Lipinski definition) is 1. The largest absolute Gasteiger partial charge is 0.352 e. The topological polar surface area (TPSA) is 86.8 Å². The number of sulfonamides is 1. The summed E-state index contributed by atoms with van der Waals surface area (Å²) in [5.74, 6) is -0.955. The molecule has 0 saturated carbocycles. The van der Waals surface area contributed by atoms with Crippen molar-refractivity contribution in [2.24, 2.45) is 0 Å². The molecule has 4 aromatic carbocycles. The van der Waals surface area contributed by atoms with Gasteiger partial charge in [-0.05, 0) is 62.2 Å². The summed E-state index contributed by atoms with van der Waals surface area (Å²) in [6.07, 6.45) is 0.873. The molecular formula is C35H37Cl2N3O4S. The van der Waals surface area contributed by atoms with Crippen molar-refractivity contribution in [3.63, 3.8) is 0 Å². The van der Waals surface area contributed by atoms with Crippen molar-refractivity contribution in [2.75, 3.05) is 10.8 Å². The van der Waals surface area contributed by atoms with Crippen LogP contribution in [-0.4, -0.2) is 43.8 Å². The molecule has 0 aliphatic heterocycles. The molecule has 0 spiro atoms. The van der Waals surface area contributed by atoms with E-state index in [4.69, 9.17) is 23.2 Å². The average molecular weight is 667 g/mol. The third-order valence-corrected chi connectivity index (χ3v) is 10.1. The normalized spacial score (nSPS) is 12.6. The van der Waals surface area contributed by atoms with E-state index in [1.807, 2.05) is 51.1 Å². The van der Waals surface area contributed by atoms with Gasteiger partial charge in [0.15, 0.2) is 0 Å². The van der Waals surface area contributed by atoms with Crippen LogP contribution in [0, 0.1) is 6.92 Å². The van der Waals surface area contributed by atoms with Crippen molar-refractivity contribution in [1.82, 2.24) is 10.2 Å². The Balaban J connectivity index is 1.82. The Bertz CT molecular complexity index is 1680. The minimum atomic E-state index is -4.18. The molecule has 0 aromatic heterocycles. The molecule has 0 saturated heterocycles. The molecule has 10 heteroatoms. The first-order chi connectivity index (χ1) is 21.5. The van der Waals surface area contributed by atoms with Crippen LogP contribution >= 0.6 is 23.2 Å². The van der Waals surface area contributed by atoms with Gasteiger partial charge < -0.3 is 10.2 Å². The second-order valence-electron chi connectivity index (χ2n) is 10.9. The number of anilines is 1. The third-order valence-electron chi connectivity index (χ3n) is 7.59. The molecule has 45 heavy (non-hydrogen) atoms. The van der Waals surface area contributed by atoms with E-state index in [1.165, 1.54) is 17.0 Å². The van der Waals surface area contributed by atoms with Crippen LogP contribution in [0.25, 0.3) is 0 Å². The summed E-state index contributed by atoms with van der Waals surface area (Å²) in [6.45, 7) is 5.03. The summed E-state index contributed by atoms with van der Waals surface area (Å²) >= 11 is 13.1. The van der Waals surface area contributed by atoms with Gasteiger partial charge in [-0.2, -0.15) is 0 Å². The molecule has 7 nitrogen and oxygen atoms in total. The van der Waals surface area contributed by atoms with Crippen molar-refractivity contribution in [3.8, 4) is 0 Å². The zero-order chi connectivity index (χ0) is 32.6. The van der Waals surface area contributed by atoms with E-state index < -0.39 is 28.5 Å². The van der Waals surface area contributed by atoms with Gasteiger partial charge in [0.2, 0.25) is 11.8 Å². The highest BCUT2D eigenvalue weighted by Crippen LogP contribution is 2.29. The van der Waals surface area contributed by atoms with E-state index in [1.54, 1.807) is 60.7 Å². The SMILES string of the molecule is CC[C@@H](C)NC(=O)[C@H](Cc1ccccc1)N(Cc1c(Cl)cccc1Cl)C(=O)CN(c1ccccc1)S(=O)(=O)c1ccc(C)cc1. The van der Waals surface area contributed by atoms with Gasteiger partial charge in [-0.15, -0.1) is 0 Å². The third kappa shape index (κ3) is 8.66. The molecule has 2 amide bonds. The Kier molecular flexibility index (Phi) is 11.7. The molecule has 4 aromatic rings. The fourth-order valence-electron chi connectivity index (χ4n) is 4.81. The molecule has 0 heterocycles. The van der Waals surface area contributed by atoms with Gasteiger partial charge in [0.1, 0.15) is 12.6 Å². The van der Waals surface area contributed by atoms with Crippen LogP contribution in [0.15, 0.2) is 108 Å². The van der Waals surface area contributed by atoms with Gasteiger partial charge in [-0.3, -0.25) is 13.9 Å². The van der Waals surface area contributed by atoms with E-state index in [2.05, 4.69) is 5.32 Å². The van der Waals surface area contributed by atoms with Gasteiger partial charge in [-0.1, -0.05) is 102 Å². The monoisotopic (exact) mass is 665 g/mol. The summed E-state index contributed by atoms with van der Waals surface area (Å²) < 4.78 is 29.2. The number of halogens is 2. The zero-order valence-corrected chi connectivity index (χ0v) is 27.8. The van der Waals surface area contributed by atoms with E-state index >= 15 is 0 Å². The van der Waals surface area contributed by atoms with Crippen LogP contribution in [0.2, 0.25) is 10.0 Å². The van der Waals surface area contributed by atoms with Crippen molar-refractivity contribution >= 4 is 50.7 Å². The number of amides is 2. The summed E-state index contributed by atoms with van der Waals surface area (Å²) in [5, 5.41) is 3.67. The van der Waals surface area contributed by atoms with Crippen LogP contribution in [-0.2, 0) is 32.6 Å². The highest BCUT2D eigenvalue weighted by Gasteiger charge is 2.35. The first-order valence-corrected chi connectivity index (χ1v) is 16.9.